The van der Waals surface area contributed by atoms with Gasteiger partial charge in [0, 0.05) is 18.3 Å². The number of pyridine rings is 1. The van der Waals surface area contributed by atoms with Gasteiger partial charge in [-0.3, -0.25) is 4.79 Å². The lowest BCUT2D eigenvalue weighted by Gasteiger charge is -2.00. The van der Waals surface area contributed by atoms with E-state index in [1.54, 1.807) is 24.5 Å². The minimum absolute atomic E-state index is 0.0868. The average Bonchev–Trinajstić information content (AvgIpc) is 2.57. The van der Waals surface area contributed by atoms with Crippen molar-refractivity contribution in [3.63, 3.8) is 0 Å². The molecule has 15 heavy (non-hydrogen) atoms. The molecule has 2 aromatic rings. The average molecular weight is 205 g/mol. The second-order valence-electron chi connectivity index (χ2n) is 3.32. The van der Waals surface area contributed by atoms with Gasteiger partial charge in [-0.1, -0.05) is 0 Å². The SMILES string of the molecule is Nc1ccn2c(CCC(=O)O)ncc2c1. The van der Waals surface area contributed by atoms with Crippen molar-refractivity contribution in [2.24, 2.45) is 0 Å². The maximum absolute atomic E-state index is 10.4. The van der Waals surface area contributed by atoms with E-state index < -0.39 is 5.97 Å². The first-order chi connectivity index (χ1) is 7.16. The van der Waals surface area contributed by atoms with E-state index in [9.17, 15) is 4.79 Å². The zero-order valence-corrected chi connectivity index (χ0v) is 8.05. The Bertz CT molecular complexity index is 504. The highest BCUT2D eigenvalue weighted by Crippen LogP contribution is 2.12. The van der Waals surface area contributed by atoms with Crippen LogP contribution in [0.15, 0.2) is 24.5 Å². The number of aliphatic carboxylic acids is 1. The lowest BCUT2D eigenvalue weighted by Crippen LogP contribution is -2.01. The molecule has 78 valence electrons. The van der Waals surface area contributed by atoms with Crippen LogP contribution in [0.5, 0.6) is 0 Å². The molecule has 0 saturated carbocycles. The normalized spacial score (nSPS) is 10.7. The lowest BCUT2D eigenvalue weighted by atomic mass is 10.3. The van der Waals surface area contributed by atoms with Gasteiger partial charge < -0.3 is 15.2 Å². The molecule has 0 bridgehead atoms. The molecule has 2 aromatic heterocycles. The molecule has 0 amide bonds. The van der Waals surface area contributed by atoms with Crippen LogP contribution in [0.1, 0.15) is 12.2 Å². The first-order valence-corrected chi connectivity index (χ1v) is 4.60. The summed E-state index contributed by atoms with van der Waals surface area (Å²) in [6, 6.07) is 3.57. The molecule has 2 heterocycles. The second-order valence-corrected chi connectivity index (χ2v) is 3.32. The van der Waals surface area contributed by atoms with Gasteiger partial charge in [0.25, 0.3) is 0 Å². The smallest absolute Gasteiger partial charge is 0.303 e. The standard InChI is InChI=1S/C10H11N3O2/c11-7-3-4-13-8(5-7)6-12-9(13)1-2-10(14)15/h3-6H,1-2,11H2,(H,14,15). The van der Waals surface area contributed by atoms with Crippen LogP contribution in [0.4, 0.5) is 5.69 Å². The fraction of sp³-hybridized carbons (Fsp3) is 0.200. The number of carboxylic acids is 1. The van der Waals surface area contributed by atoms with Crippen molar-refractivity contribution in [1.29, 1.82) is 0 Å². The minimum atomic E-state index is -0.817. The van der Waals surface area contributed by atoms with Crippen molar-refractivity contribution in [1.82, 2.24) is 9.38 Å². The van der Waals surface area contributed by atoms with E-state index in [0.29, 0.717) is 12.1 Å². The van der Waals surface area contributed by atoms with E-state index >= 15 is 0 Å². The summed E-state index contributed by atoms with van der Waals surface area (Å²) in [7, 11) is 0. The molecular weight excluding hydrogens is 194 g/mol. The first kappa shape index (κ1) is 9.51. The van der Waals surface area contributed by atoms with Crippen LogP contribution in [0.3, 0.4) is 0 Å². The van der Waals surface area contributed by atoms with Gasteiger partial charge in [-0.05, 0) is 12.1 Å². The number of nitrogens with two attached hydrogens (primary N) is 1. The summed E-state index contributed by atoms with van der Waals surface area (Å²) in [6.07, 6.45) is 4.00. The third-order valence-electron chi connectivity index (χ3n) is 2.20. The molecule has 0 aromatic carbocycles. The van der Waals surface area contributed by atoms with Crippen molar-refractivity contribution in [2.45, 2.75) is 12.8 Å². The van der Waals surface area contributed by atoms with Gasteiger partial charge in [0.2, 0.25) is 0 Å². The van der Waals surface area contributed by atoms with E-state index in [0.717, 1.165) is 11.3 Å². The Labute approximate surface area is 86.2 Å². The Kier molecular flexibility index (Phi) is 2.29. The summed E-state index contributed by atoms with van der Waals surface area (Å²) >= 11 is 0. The van der Waals surface area contributed by atoms with E-state index in [1.165, 1.54) is 0 Å². The molecule has 0 aliphatic heterocycles. The molecule has 3 N–H and O–H groups in total. The fourth-order valence-electron chi connectivity index (χ4n) is 1.48. The number of rotatable bonds is 3. The fourth-order valence-corrected chi connectivity index (χ4v) is 1.48. The molecule has 0 saturated heterocycles. The molecule has 0 spiro atoms. The van der Waals surface area contributed by atoms with Gasteiger partial charge in [-0.2, -0.15) is 0 Å². The van der Waals surface area contributed by atoms with Crippen LogP contribution in [0.25, 0.3) is 5.52 Å². The monoisotopic (exact) mass is 205 g/mol. The van der Waals surface area contributed by atoms with Crippen molar-refractivity contribution >= 4 is 17.2 Å². The number of aryl methyl sites for hydroxylation is 1. The van der Waals surface area contributed by atoms with Crippen LogP contribution in [-0.4, -0.2) is 20.5 Å². The third kappa shape index (κ3) is 1.90. The van der Waals surface area contributed by atoms with Crippen molar-refractivity contribution in [3.8, 4) is 0 Å². The number of nitrogen functional groups attached to an aromatic ring is 1. The molecular formula is C10H11N3O2. The predicted octanol–water partition coefficient (Wildman–Crippen LogP) is 0.934. The van der Waals surface area contributed by atoms with Gasteiger partial charge in [0.05, 0.1) is 18.1 Å². The quantitative estimate of drug-likeness (QED) is 0.781. The Morgan fingerprint density at radius 3 is 3.13 bits per heavy atom. The molecule has 2 rings (SSSR count). The highest BCUT2D eigenvalue weighted by atomic mass is 16.4. The number of fused-ring (bicyclic) bond motifs is 1. The first-order valence-electron chi connectivity index (χ1n) is 4.60. The van der Waals surface area contributed by atoms with Crippen LogP contribution in [0.2, 0.25) is 0 Å². The molecule has 0 fully saturated rings. The van der Waals surface area contributed by atoms with Crippen molar-refractivity contribution < 1.29 is 9.90 Å². The number of nitrogens with zero attached hydrogens (tertiary/aromatic N) is 2. The van der Waals surface area contributed by atoms with E-state index in [4.69, 9.17) is 10.8 Å². The van der Waals surface area contributed by atoms with Crippen LogP contribution >= 0.6 is 0 Å². The number of carbonyl (C=O) groups is 1. The number of carboxylic acid groups (broad SMARTS) is 1. The summed E-state index contributed by atoms with van der Waals surface area (Å²) < 4.78 is 1.85. The van der Waals surface area contributed by atoms with E-state index in [2.05, 4.69) is 4.98 Å². The zero-order chi connectivity index (χ0) is 10.8. The maximum Gasteiger partial charge on any atom is 0.303 e. The molecule has 0 atom stereocenters. The van der Waals surface area contributed by atoms with Crippen LogP contribution in [-0.2, 0) is 11.2 Å². The summed E-state index contributed by atoms with van der Waals surface area (Å²) in [5.74, 6) is -0.0744. The van der Waals surface area contributed by atoms with Gasteiger partial charge in [-0.25, -0.2) is 4.98 Å². The van der Waals surface area contributed by atoms with E-state index in [-0.39, 0.29) is 6.42 Å². The van der Waals surface area contributed by atoms with Crippen LogP contribution in [0, 0.1) is 0 Å². The Morgan fingerprint density at radius 2 is 2.40 bits per heavy atom. The largest absolute Gasteiger partial charge is 0.481 e. The summed E-state index contributed by atoms with van der Waals surface area (Å²) in [4.78, 5) is 14.6. The highest BCUT2D eigenvalue weighted by Gasteiger charge is 2.05. The molecule has 0 aliphatic rings. The number of imidazole rings is 1. The topological polar surface area (TPSA) is 80.6 Å². The van der Waals surface area contributed by atoms with Gasteiger partial charge in [0.15, 0.2) is 0 Å². The second kappa shape index (κ2) is 3.61. The van der Waals surface area contributed by atoms with Crippen molar-refractivity contribution in [2.75, 3.05) is 5.73 Å². The minimum Gasteiger partial charge on any atom is -0.481 e. The Morgan fingerprint density at radius 1 is 1.60 bits per heavy atom. The number of hydrogen-bond acceptors (Lipinski definition) is 3. The van der Waals surface area contributed by atoms with Gasteiger partial charge >= 0.3 is 5.97 Å². The molecule has 0 radical (unpaired) electrons. The zero-order valence-electron chi connectivity index (χ0n) is 8.05. The summed E-state index contributed by atoms with van der Waals surface area (Å²) in [5.41, 5.74) is 7.18. The highest BCUT2D eigenvalue weighted by molar-refractivity contribution is 5.67. The Hall–Kier alpha value is -2.04. The third-order valence-corrected chi connectivity index (χ3v) is 2.20. The number of aromatic nitrogens is 2. The molecule has 5 nitrogen and oxygen atoms in total. The molecule has 5 heteroatoms. The maximum atomic E-state index is 10.4. The Balaban J connectivity index is 2.32. The summed E-state index contributed by atoms with van der Waals surface area (Å²) in [6.45, 7) is 0. The van der Waals surface area contributed by atoms with Crippen LogP contribution < -0.4 is 5.73 Å². The predicted molar refractivity (Wildman–Crippen MR) is 55.6 cm³/mol. The molecule has 0 unspecified atom stereocenters. The van der Waals surface area contributed by atoms with Gasteiger partial charge in [-0.15, -0.1) is 0 Å². The summed E-state index contributed by atoms with van der Waals surface area (Å²) in [5, 5.41) is 8.57. The number of hydrogen-bond donors (Lipinski definition) is 2. The van der Waals surface area contributed by atoms with Gasteiger partial charge in [0.1, 0.15) is 5.82 Å². The van der Waals surface area contributed by atoms with Crippen molar-refractivity contribution in [3.05, 3.63) is 30.4 Å². The number of anilines is 1. The van der Waals surface area contributed by atoms with E-state index in [1.807, 2.05) is 4.40 Å². The molecule has 0 aliphatic carbocycles. The lowest BCUT2D eigenvalue weighted by molar-refractivity contribution is -0.137.